The van der Waals surface area contributed by atoms with Gasteiger partial charge in [-0.2, -0.15) is 0 Å². The van der Waals surface area contributed by atoms with Crippen molar-refractivity contribution in [2.45, 2.75) is 86.1 Å². The van der Waals surface area contributed by atoms with Gasteiger partial charge < -0.3 is 36.0 Å². The molecule has 5 amide bonds. The van der Waals surface area contributed by atoms with Crippen molar-refractivity contribution in [2.24, 2.45) is 5.73 Å². The third kappa shape index (κ3) is 10.6. The number of nitrogens with one attached hydrogen (secondary N) is 3. The van der Waals surface area contributed by atoms with Crippen molar-refractivity contribution >= 4 is 64.3 Å². The Balaban J connectivity index is 0.640. The summed E-state index contributed by atoms with van der Waals surface area (Å²) in [7, 11) is 0. The van der Waals surface area contributed by atoms with Crippen LogP contribution >= 0.6 is 11.8 Å². The van der Waals surface area contributed by atoms with Gasteiger partial charge in [-0.1, -0.05) is 30.0 Å². The number of nitrogens with zero attached hydrogens (tertiary/aromatic N) is 9. The maximum Gasteiger partial charge on any atom is 0.270 e. The normalized spacial score (nSPS) is 19.7. The standard InChI is InChI=1S/C51H57N13O5S/c1-51(52)15-19-63(20-16-51)44-30-56-46(31-55-44)70-39-4-2-3-36(26-39)58-47(66)34-6-11-43(54-28-34)62-17-13-37(14-18-62)60-21-23-61(24-22-60)38-7-9-41(53-29-38)48(67)57-27-33-5-8-40-35(25-33)32-64(50(40)69)42-10-12-45(65)59-49(42)68/h2-9,11,25-26,28-31,37,42H,10,12-24,27,32,52H2,1H3,(H,57,67)(H,58,66)(H,59,65,68). The lowest BCUT2D eigenvalue weighted by atomic mass is 9.91. The van der Waals surface area contributed by atoms with Crippen molar-refractivity contribution in [1.82, 2.24) is 40.4 Å². The third-order valence-electron chi connectivity index (χ3n) is 14.2. The zero-order valence-electron chi connectivity index (χ0n) is 39.2. The van der Waals surface area contributed by atoms with Crippen molar-refractivity contribution in [2.75, 3.05) is 72.4 Å². The number of carbonyl (C=O) groups excluding carboxylic acids is 5. The number of hydrogen-bond donors (Lipinski definition) is 4. The van der Waals surface area contributed by atoms with Gasteiger partial charge in [-0.25, -0.2) is 19.9 Å². The fraction of sp³-hybridized carbons (Fsp3) is 0.392. The number of fused-ring (bicyclic) bond motifs is 1. The number of nitrogens with two attached hydrogens (primary N) is 1. The van der Waals surface area contributed by atoms with Gasteiger partial charge in [0.25, 0.3) is 17.7 Å². The first-order valence-electron chi connectivity index (χ1n) is 24.1. The first kappa shape index (κ1) is 46.8. The van der Waals surface area contributed by atoms with Crippen LogP contribution in [0.5, 0.6) is 0 Å². The Labute approximate surface area is 410 Å². The predicted octanol–water partition coefficient (Wildman–Crippen LogP) is 4.47. The maximum absolute atomic E-state index is 13.3. The second kappa shape index (κ2) is 20.2. The highest BCUT2D eigenvalue weighted by Gasteiger charge is 2.39. The van der Waals surface area contributed by atoms with E-state index in [-0.39, 0.29) is 48.7 Å². The van der Waals surface area contributed by atoms with E-state index in [4.69, 9.17) is 10.7 Å². The maximum atomic E-state index is 13.3. The minimum absolute atomic E-state index is 0.123. The van der Waals surface area contributed by atoms with Crippen LogP contribution < -0.4 is 36.4 Å². The highest BCUT2D eigenvalue weighted by Crippen LogP contribution is 2.31. The predicted molar refractivity (Wildman–Crippen MR) is 266 cm³/mol. The summed E-state index contributed by atoms with van der Waals surface area (Å²) >= 11 is 1.50. The van der Waals surface area contributed by atoms with Crippen LogP contribution in [0, 0.1) is 0 Å². The number of benzene rings is 2. The van der Waals surface area contributed by atoms with Crippen LogP contribution in [0.3, 0.4) is 0 Å². The molecule has 10 rings (SSSR count). The molecule has 1 unspecified atom stereocenters. The zero-order valence-corrected chi connectivity index (χ0v) is 40.0. The minimum Gasteiger partial charge on any atom is -0.368 e. The molecule has 4 fully saturated rings. The molecule has 0 aliphatic carbocycles. The van der Waals surface area contributed by atoms with Gasteiger partial charge in [0.15, 0.2) is 0 Å². The lowest BCUT2D eigenvalue weighted by Crippen LogP contribution is -2.53. The molecule has 0 bridgehead atoms. The van der Waals surface area contributed by atoms with Crippen molar-refractivity contribution in [3.8, 4) is 0 Å². The Hall–Kier alpha value is -6.96. The Morgan fingerprint density at radius 1 is 0.771 bits per heavy atom. The molecule has 18 nitrogen and oxygen atoms in total. The van der Waals surface area contributed by atoms with Gasteiger partial charge in [-0.05, 0) is 98.7 Å². The first-order chi connectivity index (χ1) is 33.9. The molecule has 362 valence electrons. The van der Waals surface area contributed by atoms with Crippen LogP contribution in [0.15, 0.2) is 101 Å². The molecule has 5 aromatic rings. The summed E-state index contributed by atoms with van der Waals surface area (Å²) in [5.74, 6) is 0.221. The number of rotatable bonds is 12. The van der Waals surface area contributed by atoms with E-state index in [0.29, 0.717) is 35.0 Å². The number of anilines is 4. The molecule has 3 aromatic heterocycles. The molecule has 1 atom stereocenters. The summed E-state index contributed by atoms with van der Waals surface area (Å²) in [6, 6.07) is 20.4. The topological polar surface area (TPSA) is 215 Å². The smallest absolute Gasteiger partial charge is 0.270 e. The average Bonchev–Trinajstić information content (AvgIpc) is 3.70. The van der Waals surface area contributed by atoms with E-state index in [1.807, 2.05) is 54.7 Å². The van der Waals surface area contributed by atoms with Gasteiger partial charge in [0.05, 0.1) is 29.8 Å². The summed E-state index contributed by atoms with van der Waals surface area (Å²) in [5.41, 5.74) is 10.8. The van der Waals surface area contributed by atoms with E-state index in [1.54, 1.807) is 36.8 Å². The second-order valence-electron chi connectivity index (χ2n) is 19.1. The summed E-state index contributed by atoms with van der Waals surface area (Å²) in [6.07, 6.45) is 11.4. The van der Waals surface area contributed by atoms with E-state index in [0.717, 1.165) is 116 Å². The molecule has 2 aromatic carbocycles. The van der Waals surface area contributed by atoms with E-state index < -0.39 is 11.9 Å². The van der Waals surface area contributed by atoms with Crippen LogP contribution in [0.2, 0.25) is 0 Å². The van der Waals surface area contributed by atoms with E-state index in [2.05, 4.69) is 57.4 Å². The number of piperazine rings is 1. The SMILES string of the molecule is CC1(N)CCN(c2cnc(Sc3cccc(NC(=O)c4ccc(N5CCC(N6CCN(c7ccc(C(=O)NCc8ccc9c(c8)CN(C8CCC(=O)NC8=O)C9=O)nc7)CC6)CC5)nc4)c3)cn2)CC1. The lowest BCUT2D eigenvalue weighted by molar-refractivity contribution is -0.136. The molecule has 0 radical (unpaired) electrons. The van der Waals surface area contributed by atoms with Gasteiger partial charge in [0.2, 0.25) is 11.8 Å². The fourth-order valence-corrected chi connectivity index (χ4v) is 10.7. The minimum atomic E-state index is -0.674. The summed E-state index contributed by atoms with van der Waals surface area (Å²) in [6.45, 7) is 9.73. The van der Waals surface area contributed by atoms with Crippen LogP contribution in [0.25, 0.3) is 0 Å². The van der Waals surface area contributed by atoms with Gasteiger partial charge in [-0.15, -0.1) is 0 Å². The molecule has 70 heavy (non-hydrogen) atoms. The van der Waals surface area contributed by atoms with Crippen LogP contribution in [0.4, 0.5) is 23.0 Å². The molecular weight excluding hydrogens is 907 g/mol. The van der Waals surface area contributed by atoms with Crippen molar-refractivity contribution in [1.29, 1.82) is 0 Å². The number of hydrogen-bond acceptors (Lipinski definition) is 15. The van der Waals surface area contributed by atoms with E-state index in [1.165, 1.54) is 16.7 Å². The molecule has 8 heterocycles. The Morgan fingerprint density at radius 3 is 2.27 bits per heavy atom. The third-order valence-corrected chi connectivity index (χ3v) is 15.1. The lowest BCUT2D eigenvalue weighted by Gasteiger charge is -2.43. The monoisotopic (exact) mass is 963 g/mol. The summed E-state index contributed by atoms with van der Waals surface area (Å²) in [4.78, 5) is 93.8. The zero-order chi connectivity index (χ0) is 48.4. The summed E-state index contributed by atoms with van der Waals surface area (Å²) in [5, 5.41) is 9.06. The molecule has 19 heteroatoms. The second-order valence-corrected chi connectivity index (χ2v) is 20.2. The number of amides is 5. The average molecular weight is 964 g/mol. The number of piperidine rings is 3. The highest BCUT2D eigenvalue weighted by molar-refractivity contribution is 7.99. The quantitative estimate of drug-likeness (QED) is 0.127. The first-order valence-corrected chi connectivity index (χ1v) is 24.9. The molecule has 5 N–H and O–H groups in total. The molecule has 5 aliphatic heterocycles. The van der Waals surface area contributed by atoms with Gasteiger partial charge in [0, 0.05) is 106 Å². The number of imide groups is 1. The summed E-state index contributed by atoms with van der Waals surface area (Å²) < 4.78 is 0. The highest BCUT2D eigenvalue weighted by atomic mass is 32.2. The van der Waals surface area contributed by atoms with E-state index >= 15 is 0 Å². The van der Waals surface area contributed by atoms with Crippen LogP contribution in [-0.4, -0.2) is 129 Å². The number of pyridine rings is 2. The van der Waals surface area contributed by atoms with Gasteiger partial charge in [0.1, 0.15) is 28.4 Å². The molecule has 0 saturated carbocycles. The fourth-order valence-electron chi connectivity index (χ4n) is 9.96. The Bertz CT molecular complexity index is 2750. The molecular formula is C51H57N13O5S. The van der Waals surface area contributed by atoms with Crippen LogP contribution in [0.1, 0.15) is 87.8 Å². The van der Waals surface area contributed by atoms with Crippen LogP contribution in [-0.2, 0) is 22.7 Å². The van der Waals surface area contributed by atoms with Crippen molar-refractivity contribution in [3.05, 3.63) is 119 Å². The largest absolute Gasteiger partial charge is 0.368 e. The number of carbonyl (C=O) groups is 5. The van der Waals surface area contributed by atoms with Crippen molar-refractivity contribution in [3.63, 3.8) is 0 Å². The molecule has 0 spiro atoms. The van der Waals surface area contributed by atoms with Gasteiger partial charge >= 0.3 is 0 Å². The van der Waals surface area contributed by atoms with Crippen molar-refractivity contribution < 1.29 is 24.0 Å². The Morgan fingerprint density at radius 2 is 1.56 bits per heavy atom. The van der Waals surface area contributed by atoms with Gasteiger partial charge in [-0.3, -0.25) is 34.2 Å². The Kier molecular flexibility index (Phi) is 13.5. The molecule has 5 aliphatic rings. The number of aromatic nitrogens is 4. The molecule has 4 saturated heterocycles. The van der Waals surface area contributed by atoms with E-state index in [9.17, 15) is 24.0 Å².